The topological polar surface area (TPSA) is 29.9 Å². The van der Waals surface area contributed by atoms with Crippen molar-refractivity contribution in [3.8, 4) is 0 Å². The standard InChI is InChI=1S/C18H33N3/c1-8-14(9-2)21-11-10-13(20-21)12-15(19-7)16-17(3,4)18(16,5)6/h10-11,14-16,19H,8-9,12H2,1-7H3. The highest BCUT2D eigenvalue weighted by atomic mass is 15.3. The lowest BCUT2D eigenvalue weighted by molar-refractivity contribution is 0.403. The van der Waals surface area contributed by atoms with Gasteiger partial charge in [0.25, 0.3) is 0 Å². The van der Waals surface area contributed by atoms with Gasteiger partial charge in [-0.1, -0.05) is 41.5 Å². The van der Waals surface area contributed by atoms with E-state index in [0.29, 0.717) is 28.8 Å². The molecule has 1 fully saturated rings. The van der Waals surface area contributed by atoms with Crippen molar-refractivity contribution in [1.82, 2.24) is 15.1 Å². The first-order chi connectivity index (χ1) is 9.79. The molecule has 3 nitrogen and oxygen atoms in total. The minimum Gasteiger partial charge on any atom is -0.316 e. The largest absolute Gasteiger partial charge is 0.316 e. The summed E-state index contributed by atoms with van der Waals surface area (Å²) in [6.07, 6.45) is 5.48. The molecule has 1 saturated carbocycles. The third-order valence-electron chi connectivity index (χ3n) is 6.31. The summed E-state index contributed by atoms with van der Waals surface area (Å²) in [5, 5.41) is 8.36. The molecule has 3 heteroatoms. The van der Waals surface area contributed by atoms with E-state index in [2.05, 4.69) is 70.9 Å². The van der Waals surface area contributed by atoms with Crippen LogP contribution in [0, 0.1) is 16.7 Å². The second kappa shape index (κ2) is 5.75. The lowest BCUT2D eigenvalue weighted by atomic mass is 10.00. The van der Waals surface area contributed by atoms with Gasteiger partial charge in [-0.3, -0.25) is 4.68 Å². The summed E-state index contributed by atoms with van der Waals surface area (Å²) in [5.74, 6) is 0.716. The van der Waals surface area contributed by atoms with E-state index in [4.69, 9.17) is 5.10 Å². The van der Waals surface area contributed by atoms with E-state index in [1.165, 1.54) is 5.69 Å². The number of nitrogens with zero attached hydrogens (tertiary/aromatic N) is 2. The van der Waals surface area contributed by atoms with Crippen molar-refractivity contribution in [2.24, 2.45) is 16.7 Å². The van der Waals surface area contributed by atoms with Crippen LogP contribution in [0.3, 0.4) is 0 Å². The highest BCUT2D eigenvalue weighted by molar-refractivity contribution is 5.18. The fourth-order valence-corrected chi connectivity index (χ4v) is 4.22. The van der Waals surface area contributed by atoms with Gasteiger partial charge in [0, 0.05) is 18.7 Å². The van der Waals surface area contributed by atoms with Crippen molar-refractivity contribution in [2.75, 3.05) is 7.05 Å². The molecule has 1 aliphatic carbocycles. The quantitative estimate of drug-likeness (QED) is 0.821. The Hall–Kier alpha value is -0.830. The monoisotopic (exact) mass is 291 g/mol. The molecule has 0 amide bonds. The number of hydrogen-bond acceptors (Lipinski definition) is 2. The molecular formula is C18H33N3. The van der Waals surface area contributed by atoms with E-state index in [-0.39, 0.29) is 0 Å². The molecule has 1 unspecified atom stereocenters. The Morgan fingerprint density at radius 2 is 1.76 bits per heavy atom. The zero-order valence-electron chi connectivity index (χ0n) is 14.9. The molecule has 1 aromatic rings. The predicted molar refractivity (Wildman–Crippen MR) is 89.4 cm³/mol. The second-order valence-electron chi connectivity index (χ2n) is 7.78. The number of nitrogens with one attached hydrogen (secondary N) is 1. The van der Waals surface area contributed by atoms with Crippen LogP contribution in [0.1, 0.15) is 66.1 Å². The average Bonchev–Trinajstić information content (AvgIpc) is 2.76. The van der Waals surface area contributed by atoms with Crippen LogP contribution in [0.4, 0.5) is 0 Å². The number of hydrogen-bond donors (Lipinski definition) is 1. The molecule has 1 heterocycles. The maximum Gasteiger partial charge on any atom is 0.0640 e. The van der Waals surface area contributed by atoms with Crippen LogP contribution < -0.4 is 5.32 Å². The minimum atomic E-state index is 0.415. The molecule has 0 aromatic carbocycles. The van der Waals surface area contributed by atoms with Crippen molar-refractivity contribution < 1.29 is 0 Å². The zero-order valence-corrected chi connectivity index (χ0v) is 14.9. The Balaban J connectivity index is 2.07. The van der Waals surface area contributed by atoms with Gasteiger partial charge < -0.3 is 5.32 Å². The average molecular weight is 291 g/mol. The molecular weight excluding hydrogens is 258 g/mol. The van der Waals surface area contributed by atoms with Gasteiger partial charge in [-0.15, -0.1) is 0 Å². The molecule has 1 aromatic heterocycles. The van der Waals surface area contributed by atoms with Crippen molar-refractivity contribution in [3.63, 3.8) is 0 Å². The van der Waals surface area contributed by atoms with E-state index in [1.54, 1.807) is 0 Å². The number of likely N-dealkylation sites (N-methyl/N-ethyl adjacent to an activating group) is 1. The molecule has 2 rings (SSSR count). The van der Waals surface area contributed by atoms with Crippen LogP contribution in [-0.4, -0.2) is 22.9 Å². The van der Waals surface area contributed by atoms with E-state index < -0.39 is 0 Å². The molecule has 1 aliphatic rings. The predicted octanol–water partition coefficient (Wildman–Crippen LogP) is 4.06. The molecule has 0 bridgehead atoms. The number of rotatable bonds is 7. The normalized spacial score (nSPS) is 21.7. The van der Waals surface area contributed by atoms with Gasteiger partial charge in [0.15, 0.2) is 0 Å². The van der Waals surface area contributed by atoms with Crippen LogP contribution >= 0.6 is 0 Å². The highest BCUT2D eigenvalue weighted by Crippen LogP contribution is 2.69. The van der Waals surface area contributed by atoms with E-state index in [0.717, 1.165) is 19.3 Å². The van der Waals surface area contributed by atoms with Crippen molar-refractivity contribution in [2.45, 2.75) is 72.9 Å². The van der Waals surface area contributed by atoms with Crippen LogP contribution in [0.5, 0.6) is 0 Å². The van der Waals surface area contributed by atoms with Gasteiger partial charge in [0.1, 0.15) is 0 Å². The molecule has 0 spiro atoms. The molecule has 0 radical (unpaired) electrons. The fourth-order valence-electron chi connectivity index (χ4n) is 4.22. The lowest BCUT2D eigenvalue weighted by Gasteiger charge is -2.18. The minimum absolute atomic E-state index is 0.415. The molecule has 120 valence electrons. The van der Waals surface area contributed by atoms with Gasteiger partial charge in [0.2, 0.25) is 0 Å². The summed E-state index contributed by atoms with van der Waals surface area (Å²) >= 11 is 0. The smallest absolute Gasteiger partial charge is 0.0640 e. The Labute approximate surface area is 130 Å². The summed E-state index contributed by atoms with van der Waals surface area (Å²) in [6.45, 7) is 14.0. The Kier molecular flexibility index (Phi) is 4.53. The zero-order chi connectivity index (χ0) is 15.8. The first-order valence-corrected chi connectivity index (χ1v) is 8.50. The van der Waals surface area contributed by atoms with Crippen LogP contribution in [-0.2, 0) is 6.42 Å². The molecule has 1 N–H and O–H groups in total. The van der Waals surface area contributed by atoms with Crippen molar-refractivity contribution in [3.05, 3.63) is 18.0 Å². The van der Waals surface area contributed by atoms with Gasteiger partial charge in [-0.25, -0.2) is 0 Å². The summed E-state index contributed by atoms with van der Waals surface area (Å²) in [6, 6.07) is 3.26. The number of aromatic nitrogens is 2. The van der Waals surface area contributed by atoms with Crippen molar-refractivity contribution in [1.29, 1.82) is 0 Å². The fraction of sp³-hybridized carbons (Fsp3) is 0.833. The maximum absolute atomic E-state index is 4.82. The maximum atomic E-state index is 4.82. The Bertz CT molecular complexity index is 455. The summed E-state index contributed by atoms with van der Waals surface area (Å²) in [7, 11) is 2.09. The molecule has 1 atom stereocenters. The van der Waals surface area contributed by atoms with Crippen LogP contribution in [0.15, 0.2) is 12.3 Å². The molecule has 0 saturated heterocycles. The highest BCUT2D eigenvalue weighted by Gasteiger charge is 2.66. The van der Waals surface area contributed by atoms with E-state index >= 15 is 0 Å². The Morgan fingerprint density at radius 1 is 1.19 bits per heavy atom. The third kappa shape index (κ3) is 2.77. The van der Waals surface area contributed by atoms with E-state index in [9.17, 15) is 0 Å². The lowest BCUT2D eigenvalue weighted by Crippen LogP contribution is -2.32. The summed E-state index contributed by atoms with van der Waals surface area (Å²) in [4.78, 5) is 0. The Morgan fingerprint density at radius 3 is 2.19 bits per heavy atom. The van der Waals surface area contributed by atoms with Gasteiger partial charge in [-0.05, 0) is 42.7 Å². The summed E-state index contributed by atoms with van der Waals surface area (Å²) < 4.78 is 2.16. The SMILES string of the molecule is CCC(CC)n1ccc(CC(NC)C2C(C)(C)C2(C)C)n1. The van der Waals surface area contributed by atoms with Gasteiger partial charge >= 0.3 is 0 Å². The van der Waals surface area contributed by atoms with E-state index in [1.807, 2.05) is 0 Å². The molecule has 0 aliphatic heterocycles. The third-order valence-corrected chi connectivity index (χ3v) is 6.31. The first kappa shape index (κ1) is 16.5. The first-order valence-electron chi connectivity index (χ1n) is 8.50. The van der Waals surface area contributed by atoms with Crippen LogP contribution in [0.2, 0.25) is 0 Å². The van der Waals surface area contributed by atoms with Crippen LogP contribution in [0.25, 0.3) is 0 Å². The van der Waals surface area contributed by atoms with Gasteiger partial charge in [-0.2, -0.15) is 5.10 Å². The van der Waals surface area contributed by atoms with Gasteiger partial charge in [0.05, 0.1) is 11.7 Å². The van der Waals surface area contributed by atoms with Crippen molar-refractivity contribution >= 4 is 0 Å². The summed E-state index contributed by atoms with van der Waals surface area (Å²) in [5.41, 5.74) is 2.05. The molecule has 21 heavy (non-hydrogen) atoms. The second-order valence-corrected chi connectivity index (χ2v) is 7.78.